The molecule has 8 heteroatoms. The number of fused-ring (bicyclic) bond motifs is 2. The largest absolute Gasteiger partial charge is 0.495 e. The highest BCUT2D eigenvalue weighted by molar-refractivity contribution is 6.32. The minimum Gasteiger partial charge on any atom is -0.495 e. The van der Waals surface area contributed by atoms with E-state index in [1.165, 1.54) is 0 Å². The second kappa shape index (κ2) is 8.26. The Morgan fingerprint density at radius 2 is 1.91 bits per heavy atom. The van der Waals surface area contributed by atoms with Crippen LogP contribution in [0, 0.1) is 6.92 Å². The normalized spacial score (nSPS) is 11.2. The molecule has 2 aromatic heterocycles. The van der Waals surface area contributed by atoms with E-state index >= 15 is 0 Å². The van der Waals surface area contributed by atoms with Gasteiger partial charge in [0.25, 0.3) is 0 Å². The van der Waals surface area contributed by atoms with Crippen LogP contribution in [0.4, 0.5) is 17.5 Å². The van der Waals surface area contributed by atoms with E-state index in [4.69, 9.17) is 21.4 Å². The van der Waals surface area contributed by atoms with E-state index in [0.717, 1.165) is 50.0 Å². The fourth-order valence-corrected chi connectivity index (χ4v) is 4.31. The average Bonchev–Trinajstić information content (AvgIpc) is 3.14. The first kappa shape index (κ1) is 21.0. The Kier molecular flexibility index (Phi) is 5.26. The second-order valence-electron chi connectivity index (χ2n) is 7.82. The topological polar surface area (TPSA) is 76.9 Å². The summed E-state index contributed by atoms with van der Waals surface area (Å²) in [4.78, 5) is 8.90. The maximum atomic E-state index is 6.18. The highest BCUT2D eigenvalue weighted by Crippen LogP contribution is 2.37. The Hall–Kier alpha value is -3.84. The molecule has 0 aliphatic carbocycles. The first-order valence-corrected chi connectivity index (χ1v) is 10.9. The Balaban J connectivity index is 1.63. The van der Waals surface area contributed by atoms with Gasteiger partial charge in [-0.3, -0.25) is 4.68 Å². The number of halogens is 1. The molecule has 7 nitrogen and oxygen atoms in total. The quantitative estimate of drug-likeness (QED) is 0.339. The first-order chi connectivity index (χ1) is 16.0. The van der Waals surface area contributed by atoms with Gasteiger partial charge in [-0.05, 0) is 48.4 Å². The van der Waals surface area contributed by atoms with Crippen LogP contribution in [-0.2, 0) is 7.05 Å². The van der Waals surface area contributed by atoms with Gasteiger partial charge >= 0.3 is 0 Å². The summed E-state index contributed by atoms with van der Waals surface area (Å²) in [5.41, 5.74) is 6.18. The summed E-state index contributed by atoms with van der Waals surface area (Å²) in [6.07, 6.45) is 1.84. The van der Waals surface area contributed by atoms with E-state index in [1.54, 1.807) is 13.2 Å². The number of methoxy groups -OCH3 is 1. The van der Waals surface area contributed by atoms with Gasteiger partial charge < -0.3 is 15.4 Å². The van der Waals surface area contributed by atoms with E-state index in [2.05, 4.69) is 51.8 Å². The van der Waals surface area contributed by atoms with Crippen LogP contribution in [-0.4, -0.2) is 33.9 Å². The zero-order valence-corrected chi connectivity index (χ0v) is 19.5. The molecule has 0 aliphatic rings. The van der Waals surface area contributed by atoms with Crippen LogP contribution < -0.4 is 15.4 Å². The van der Waals surface area contributed by atoms with E-state index < -0.39 is 0 Å². The molecule has 0 aliphatic heterocycles. The highest BCUT2D eigenvalue weighted by Gasteiger charge is 2.17. The zero-order valence-electron chi connectivity index (χ0n) is 18.8. The number of hydrogen-bond acceptors (Lipinski definition) is 6. The van der Waals surface area contributed by atoms with Gasteiger partial charge in [0.1, 0.15) is 5.75 Å². The molecule has 0 radical (unpaired) electrons. The molecule has 0 bridgehead atoms. The maximum absolute atomic E-state index is 6.18. The number of rotatable bonds is 5. The number of ether oxygens (including phenoxy) is 1. The van der Waals surface area contributed by atoms with Gasteiger partial charge in [0.2, 0.25) is 5.95 Å². The molecule has 2 N–H and O–H groups in total. The highest BCUT2D eigenvalue weighted by atomic mass is 35.5. The molecule has 166 valence electrons. The first-order valence-electron chi connectivity index (χ1n) is 10.5. The molecule has 0 unspecified atom stereocenters. The summed E-state index contributed by atoms with van der Waals surface area (Å²) in [5, 5.41) is 13.7. The number of nitrogens with zero attached hydrogens (tertiary/aromatic N) is 4. The lowest BCUT2D eigenvalue weighted by Gasteiger charge is -2.11. The van der Waals surface area contributed by atoms with Crippen molar-refractivity contribution in [2.75, 3.05) is 24.8 Å². The fourth-order valence-electron chi connectivity index (χ4n) is 4.11. The van der Waals surface area contributed by atoms with Crippen molar-refractivity contribution in [3.8, 4) is 16.9 Å². The summed E-state index contributed by atoms with van der Waals surface area (Å²) in [6.45, 7) is 2.11. The van der Waals surface area contributed by atoms with Crippen molar-refractivity contribution in [1.82, 2.24) is 19.7 Å². The molecule has 0 atom stereocenters. The van der Waals surface area contributed by atoms with Crippen molar-refractivity contribution in [3.63, 3.8) is 0 Å². The van der Waals surface area contributed by atoms with Crippen LogP contribution in [0.2, 0.25) is 5.02 Å². The van der Waals surface area contributed by atoms with E-state index in [0.29, 0.717) is 16.7 Å². The van der Waals surface area contributed by atoms with Crippen molar-refractivity contribution < 1.29 is 4.74 Å². The van der Waals surface area contributed by atoms with Crippen LogP contribution >= 0.6 is 11.6 Å². The lowest BCUT2D eigenvalue weighted by Crippen LogP contribution is -1.97. The van der Waals surface area contributed by atoms with Gasteiger partial charge in [0.15, 0.2) is 5.82 Å². The van der Waals surface area contributed by atoms with Crippen LogP contribution in [0.1, 0.15) is 5.56 Å². The zero-order chi connectivity index (χ0) is 23.1. The van der Waals surface area contributed by atoms with Crippen LogP contribution in [0.25, 0.3) is 32.9 Å². The smallest absolute Gasteiger partial charge is 0.222 e. The number of nitrogens with one attached hydrogen (secondary N) is 2. The average molecular weight is 459 g/mol. The lowest BCUT2D eigenvalue weighted by atomic mass is 9.96. The van der Waals surface area contributed by atoms with E-state index in [-0.39, 0.29) is 0 Å². The molecule has 5 aromatic rings. The fraction of sp³-hybridized carbons (Fsp3) is 0.160. The summed E-state index contributed by atoms with van der Waals surface area (Å²) in [7, 11) is 5.38. The molecular formula is C25H23ClN6O. The maximum Gasteiger partial charge on any atom is 0.222 e. The van der Waals surface area contributed by atoms with Gasteiger partial charge in [-0.15, -0.1) is 0 Å². The third kappa shape index (κ3) is 3.70. The second-order valence-corrected chi connectivity index (χ2v) is 8.22. The molecule has 0 saturated carbocycles. The summed E-state index contributed by atoms with van der Waals surface area (Å²) < 4.78 is 7.26. The van der Waals surface area contributed by atoms with Crippen molar-refractivity contribution in [2.24, 2.45) is 7.05 Å². The molecule has 0 saturated heterocycles. The number of aryl methyl sites for hydroxylation is 2. The molecule has 0 fully saturated rings. The van der Waals surface area contributed by atoms with Crippen LogP contribution in [0.3, 0.4) is 0 Å². The van der Waals surface area contributed by atoms with Gasteiger partial charge in [-0.2, -0.15) is 5.10 Å². The molecule has 0 amide bonds. The van der Waals surface area contributed by atoms with Gasteiger partial charge in [-0.25, -0.2) is 9.97 Å². The molecule has 0 spiro atoms. The van der Waals surface area contributed by atoms with E-state index in [9.17, 15) is 0 Å². The third-order valence-electron chi connectivity index (χ3n) is 5.72. The minimum absolute atomic E-state index is 0.564. The summed E-state index contributed by atoms with van der Waals surface area (Å²) in [5.74, 6) is 1.98. The number of benzene rings is 3. The molecule has 5 rings (SSSR count). The van der Waals surface area contributed by atoms with Crippen LogP contribution in [0.15, 0.2) is 54.7 Å². The molecule has 33 heavy (non-hydrogen) atoms. The summed E-state index contributed by atoms with van der Waals surface area (Å²) >= 11 is 6.18. The van der Waals surface area contributed by atoms with Gasteiger partial charge in [0, 0.05) is 48.4 Å². The SMILES string of the molecule is CNc1ncc2cc(-c3c(C)ccc4c(Nc5ccc(Cl)c(OC)c5)nn(C)c34)ccc2n1. The molecular weight excluding hydrogens is 436 g/mol. The predicted molar refractivity (Wildman–Crippen MR) is 135 cm³/mol. The monoisotopic (exact) mass is 458 g/mol. The Morgan fingerprint density at radius 3 is 2.70 bits per heavy atom. The standard InChI is InChI=1S/C25H23ClN6O/c1-14-5-8-18-23(22(14)15-6-10-20-16(11-15)13-28-25(27-2)30-20)32(3)31-24(18)29-17-7-9-19(26)21(12-17)33-4/h5-13H,1-4H3,(H,29,31)(H,27,28,30). The Morgan fingerprint density at radius 1 is 1.06 bits per heavy atom. The van der Waals surface area contributed by atoms with Gasteiger partial charge in [0.05, 0.1) is 23.2 Å². The molecule has 3 aromatic carbocycles. The predicted octanol–water partition coefficient (Wildman–Crippen LogP) is 5.94. The van der Waals surface area contributed by atoms with E-state index in [1.807, 2.05) is 43.2 Å². The van der Waals surface area contributed by atoms with Crippen molar-refractivity contribution in [2.45, 2.75) is 6.92 Å². The van der Waals surface area contributed by atoms with Crippen molar-refractivity contribution >= 4 is 50.9 Å². The lowest BCUT2D eigenvalue weighted by molar-refractivity contribution is 0.415. The number of aromatic nitrogens is 4. The Bertz CT molecular complexity index is 1510. The van der Waals surface area contributed by atoms with Crippen molar-refractivity contribution in [1.29, 1.82) is 0 Å². The summed E-state index contributed by atoms with van der Waals surface area (Å²) in [6, 6.07) is 16.0. The third-order valence-corrected chi connectivity index (χ3v) is 6.03. The van der Waals surface area contributed by atoms with Crippen molar-refractivity contribution in [3.05, 3.63) is 65.3 Å². The number of hydrogen-bond donors (Lipinski definition) is 2. The van der Waals surface area contributed by atoms with Gasteiger partial charge in [-0.1, -0.05) is 23.7 Å². The van der Waals surface area contributed by atoms with Crippen LogP contribution in [0.5, 0.6) is 5.75 Å². The Labute approximate surface area is 196 Å². The minimum atomic E-state index is 0.564. The molecule has 2 heterocycles. The number of anilines is 3.